The molecule has 0 aromatic carbocycles. The summed E-state index contributed by atoms with van der Waals surface area (Å²) in [5.74, 6) is -1.09. The highest BCUT2D eigenvalue weighted by Crippen LogP contribution is 2.37. The van der Waals surface area contributed by atoms with Gasteiger partial charge in [-0.3, -0.25) is 4.79 Å². The van der Waals surface area contributed by atoms with Crippen molar-refractivity contribution < 1.29 is 9.90 Å². The smallest absolute Gasteiger partial charge is 0.310 e. The van der Waals surface area contributed by atoms with E-state index in [0.29, 0.717) is 6.42 Å². The maximum absolute atomic E-state index is 10.7. The van der Waals surface area contributed by atoms with E-state index in [9.17, 15) is 4.79 Å². The third kappa shape index (κ3) is 1.58. The number of rotatable bonds is 1. The fourth-order valence-corrected chi connectivity index (χ4v) is 1.38. The molecular weight excluding hydrogens is 152 g/mol. The molecule has 1 atom stereocenters. The molecule has 1 aliphatic carbocycles. The summed E-state index contributed by atoms with van der Waals surface area (Å²) >= 11 is 0. The Bertz CT molecular complexity index is 249. The van der Waals surface area contributed by atoms with Crippen LogP contribution in [-0.4, -0.2) is 11.1 Å². The van der Waals surface area contributed by atoms with Crippen LogP contribution in [0.3, 0.4) is 0 Å². The summed E-state index contributed by atoms with van der Waals surface area (Å²) in [6.45, 7) is 7.93. The van der Waals surface area contributed by atoms with E-state index in [1.165, 1.54) is 0 Å². The van der Waals surface area contributed by atoms with E-state index in [-0.39, 0.29) is 11.3 Å². The number of aliphatic carboxylic acids is 1. The molecule has 1 rings (SSSR count). The molecule has 0 bridgehead atoms. The van der Waals surface area contributed by atoms with Gasteiger partial charge in [0.2, 0.25) is 0 Å². The van der Waals surface area contributed by atoms with Crippen LogP contribution >= 0.6 is 0 Å². The molecule has 0 unspecified atom stereocenters. The molecule has 0 spiro atoms. The monoisotopic (exact) mass is 166 g/mol. The third-order valence-electron chi connectivity index (χ3n) is 2.45. The van der Waals surface area contributed by atoms with E-state index in [1.807, 2.05) is 19.9 Å². The van der Waals surface area contributed by atoms with Crippen LogP contribution in [-0.2, 0) is 4.79 Å². The zero-order valence-corrected chi connectivity index (χ0v) is 7.50. The third-order valence-corrected chi connectivity index (χ3v) is 2.45. The quantitative estimate of drug-likeness (QED) is 0.648. The first kappa shape index (κ1) is 9.04. The van der Waals surface area contributed by atoms with Crippen molar-refractivity contribution in [1.82, 2.24) is 0 Å². The van der Waals surface area contributed by atoms with Gasteiger partial charge in [0.1, 0.15) is 0 Å². The molecule has 0 saturated heterocycles. The minimum absolute atomic E-state index is 0.0716. The molecule has 0 aromatic rings. The zero-order chi connectivity index (χ0) is 9.35. The molecule has 1 aliphatic rings. The molecule has 0 amide bonds. The average Bonchev–Trinajstić information content (AvgIpc) is 1.94. The van der Waals surface area contributed by atoms with E-state index >= 15 is 0 Å². The first-order valence-corrected chi connectivity index (χ1v) is 4.04. The molecule has 12 heavy (non-hydrogen) atoms. The maximum atomic E-state index is 10.7. The SMILES string of the molecule is C=C1C=C[C@@H](C(=O)O)CC1(C)C. The Balaban J connectivity index is 2.86. The van der Waals surface area contributed by atoms with Crippen molar-refractivity contribution >= 4 is 5.97 Å². The van der Waals surface area contributed by atoms with Gasteiger partial charge >= 0.3 is 5.97 Å². The second-order valence-electron chi connectivity index (χ2n) is 3.92. The van der Waals surface area contributed by atoms with Crippen LogP contribution in [0.15, 0.2) is 24.3 Å². The van der Waals surface area contributed by atoms with Crippen molar-refractivity contribution in [3.05, 3.63) is 24.3 Å². The summed E-state index contributed by atoms with van der Waals surface area (Å²) in [5.41, 5.74) is 0.942. The van der Waals surface area contributed by atoms with Crippen molar-refractivity contribution in [1.29, 1.82) is 0 Å². The predicted molar refractivity (Wildman–Crippen MR) is 47.8 cm³/mol. The van der Waals surface area contributed by atoms with Gasteiger partial charge in [0, 0.05) is 0 Å². The number of carboxylic acid groups (broad SMARTS) is 1. The molecule has 0 radical (unpaired) electrons. The lowest BCUT2D eigenvalue weighted by molar-refractivity contribution is -0.140. The van der Waals surface area contributed by atoms with E-state index in [2.05, 4.69) is 6.58 Å². The van der Waals surface area contributed by atoms with Crippen molar-refractivity contribution in [3.8, 4) is 0 Å². The summed E-state index contributed by atoms with van der Waals surface area (Å²) < 4.78 is 0. The fraction of sp³-hybridized carbons (Fsp3) is 0.500. The molecule has 0 fully saturated rings. The maximum Gasteiger partial charge on any atom is 0.310 e. The van der Waals surface area contributed by atoms with Crippen LogP contribution in [0.25, 0.3) is 0 Å². The van der Waals surface area contributed by atoms with Crippen molar-refractivity contribution in [2.45, 2.75) is 20.3 Å². The van der Waals surface area contributed by atoms with Gasteiger partial charge in [-0.15, -0.1) is 0 Å². The van der Waals surface area contributed by atoms with Crippen LogP contribution in [0, 0.1) is 11.3 Å². The Morgan fingerprint density at radius 1 is 1.75 bits per heavy atom. The van der Waals surface area contributed by atoms with Gasteiger partial charge in [0.05, 0.1) is 5.92 Å². The Kier molecular flexibility index (Phi) is 2.09. The minimum Gasteiger partial charge on any atom is -0.481 e. The Morgan fingerprint density at radius 2 is 2.33 bits per heavy atom. The topological polar surface area (TPSA) is 37.3 Å². The predicted octanol–water partition coefficient (Wildman–Crippen LogP) is 2.23. The molecule has 2 heteroatoms. The highest BCUT2D eigenvalue weighted by Gasteiger charge is 2.30. The summed E-state index contributed by atoms with van der Waals surface area (Å²) in [7, 11) is 0. The molecule has 0 aliphatic heterocycles. The van der Waals surface area contributed by atoms with Gasteiger partial charge in [0.25, 0.3) is 0 Å². The van der Waals surface area contributed by atoms with E-state index in [1.54, 1.807) is 6.08 Å². The van der Waals surface area contributed by atoms with Gasteiger partial charge in [0.15, 0.2) is 0 Å². The number of carbonyl (C=O) groups is 1. The Labute approximate surface area is 72.6 Å². The number of allylic oxidation sites excluding steroid dienone is 2. The summed E-state index contributed by atoms with van der Waals surface area (Å²) in [6, 6.07) is 0. The van der Waals surface area contributed by atoms with Crippen molar-refractivity contribution in [2.75, 3.05) is 0 Å². The Hall–Kier alpha value is -1.05. The van der Waals surface area contributed by atoms with Crippen molar-refractivity contribution in [3.63, 3.8) is 0 Å². The molecule has 66 valence electrons. The molecule has 1 N–H and O–H groups in total. The summed E-state index contributed by atoms with van der Waals surface area (Å²) in [6.07, 6.45) is 4.19. The number of carboxylic acids is 1. The standard InChI is InChI=1S/C10H14O2/c1-7-4-5-8(9(11)12)6-10(7,2)3/h4-5,8H,1,6H2,2-3H3,(H,11,12)/t8-/m1/s1. The average molecular weight is 166 g/mol. The first-order valence-electron chi connectivity index (χ1n) is 4.04. The van der Waals surface area contributed by atoms with E-state index < -0.39 is 5.97 Å². The minimum atomic E-state index is -0.744. The number of hydrogen-bond acceptors (Lipinski definition) is 1. The highest BCUT2D eigenvalue weighted by molar-refractivity contribution is 5.73. The lowest BCUT2D eigenvalue weighted by Crippen LogP contribution is -2.25. The van der Waals surface area contributed by atoms with Gasteiger partial charge in [-0.25, -0.2) is 0 Å². The molecule has 0 aromatic heterocycles. The molecule has 0 heterocycles. The van der Waals surface area contributed by atoms with Gasteiger partial charge in [-0.05, 0) is 17.4 Å². The van der Waals surface area contributed by atoms with E-state index in [0.717, 1.165) is 5.57 Å². The van der Waals surface area contributed by atoms with Gasteiger partial charge in [-0.2, -0.15) is 0 Å². The highest BCUT2D eigenvalue weighted by atomic mass is 16.4. The van der Waals surface area contributed by atoms with Crippen molar-refractivity contribution in [2.24, 2.45) is 11.3 Å². The first-order chi connectivity index (χ1) is 5.43. The lowest BCUT2D eigenvalue weighted by Gasteiger charge is -2.31. The normalized spacial score (nSPS) is 27.2. The largest absolute Gasteiger partial charge is 0.481 e. The lowest BCUT2D eigenvalue weighted by atomic mass is 9.73. The van der Waals surface area contributed by atoms with Gasteiger partial charge < -0.3 is 5.11 Å². The second-order valence-corrected chi connectivity index (χ2v) is 3.92. The Morgan fingerprint density at radius 3 is 2.75 bits per heavy atom. The fourth-order valence-electron chi connectivity index (χ4n) is 1.38. The molecule has 2 nitrogen and oxygen atoms in total. The van der Waals surface area contributed by atoms with Crippen LogP contribution in [0.5, 0.6) is 0 Å². The van der Waals surface area contributed by atoms with Crippen LogP contribution in [0.1, 0.15) is 20.3 Å². The van der Waals surface area contributed by atoms with Gasteiger partial charge in [-0.1, -0.05) is 32.6 Å². The molecular formula is C10H14O2. The van der Waals surface area contributed by atoms with Crippen LogP contribution in [0.2, 0.25) is 0 Å². The van der Waals surface area contributed by atoms with Crippen LogP contribution < -0.4 is 0 Å². The molecule has 0 saturated carbocycles. The summed E-state index contributed by atoms with van der Waals surface area (Å²) in [5, 5.41) is 8.78. The van der Waals surface area contributed by atoms with E-state index in [4.69, 9.17) is 5.11 Å². The summed E-state index contributed by atoms with van der Waals surface area (Å²) in [4.78, 5) is 10.7. The second kappa shape index (κ2) is 2.77. The zero-order valence-electron chi connectivity index (χ0n) is 7.50. The van der Waals surface area contributed by atoms with Crippen LogP contribution in [0.4, 0.5) is 0 Å². The number of hydrogen-bond donors (Lipinski definition) is 1.